The highest BCUT2D eigenvalue weighted by Crippen LogP contribution is 2.29. The molecule has 0 aliphatic carbocycles. The Balaban J connectivity index is 2.05. The quantitative estimate of drug-likeness (QED) is 0.778. The number of nitrogens with zero attached hydrogens (tertiary/aromatic N) is 1. The molecule has 3 rings (SSSR count). The van der Waals surface area contributed by atoms with Crippen LogP contribution in [0.2, 0.25) is 0 Å². The lowest BCUT2D eigenvalue weighted by Gasteiger charge is -2.31. The average molecular weight is 210 g/mol. The number of benzene rings is 2. The number of para-hydroxylation sites is 2. The zero-order valence-corrected chi connectivity index (χ0v) is 9.06. The maximum atomic E-state index is 3.42. The van der Waals surface area contributed by atoms with E-state index >= 15 is 0 Å². The van der Waals surface area contributed by atoms with Crippen LogP contribution in [0.15, 0.2) is 54.6 Å². The van der Waals surface area contributed by atoms with Crippen LogP contribution in [0.5, 0.6) is 0 Å². The monoisotopic (exact) mass is 210 g/mol. The lowest BCUT2D eigenvalue weighted by Crippen LogP contribution is -2.35. The largest absolute Gasteiger partial charge is 0.328 e. The molecule has 2 aromatic carbocycles. The zero-order valence-electron chi connectivity index (χ0n) is 9.06. The van der Waals surface area contributed by atoms with Crippen LogP contribution >= 0.6 is 0 Å². The van der Waals surface area contributed by atoms with E-state index < -0.39 is 0 Å². The maximum Gasteiger partial charge on any atom is 0.0734 e. The number of hydrogen-bond donors (Lipinski definition) is 1. The summed E-state index contributed by atoms with van der Waals surface area (Å²) in [5, 5.41) is 3.42. The van der Waals surface area contributed by atoms with Crippen molar-refractivity contribution in [3.8, 4) is 0 Å². The highest BCUT2D eigenvalue weighted by molar-refractivity contribution is 5.67. The van der Waals surface area contributed by atoms with Crippen LogP contribution in [0.25, 0.3) is 0 Å². The predicted molar refractivity (Wildman–Crippen MR) is 66.7 cm³/mol. The van der Waals surface area contributed by atoms with Gasteiger partial charge in [-0.1, -0.05) is 36.4 Å². The first-order valence-corrected chi connectivity index (χ1v) is 5.56. The van der Waals surface area contributed by atoms with Gasteiger partial charge >= 0.3 is 0 Å². The smallest absolute Gasteiger partial charge is 0.0734 e. The van der Waals surface area contributed by atoms with Crippen molar-refractivity contribution in [1.29, 1.82) is 0 Å². The van der Waals surface area contributed by atoms with Gasteiger partial charge in [-0.05, 0) is 23.8 Å². The molecule has 80 valence electrons. The Kier molecular flexibility index (Phi) is 2.35. The summed E-state index contributed by atoms with van der Waals surface area (Å²) in [5.74, 6) is 0. The van der Waals surface area contributed by atoms with Gasteiger partial charge in [-0.2, -0.15) is 0 Å². The van der Waals surface area contributed by atoms with Crippen molar-refractivity contribution < 1.29 is 0 Å². The minimum atomic E-state index is 0.876. The number of nitrogens with one attached hydrogen (secondary N) is 1. The molecule has 0 atom stereocenters. The molecule has 2 aromatic rings. The Morgan fingerprint density at radius 3 is 2.50 bits per heavy atom. The van der Waals surface area contributed by atoms with Gasteiger partial charge in [0, 0.05) is 17.9 Å². The van der Waals surface area contributed by atoms with Gasteiger partial charge in [-0.25, -0.2) is 0 Å². The summed E-state index contributed by atoms with van der Waals surface area (Å²) in [6.07, 6.45) is 0. The third-order valence-electron chi connectivity index (χ3n) is 2.94. The number of hydrogen-bond acceptors (Lipinski definition) is 2. The number of rotatable bonds is 1. The van der Waals surface area contributed by atoms with Crippen molar-refractivity contribution in [2.45, 2.75) is 6.54 Å². The van der Waals surface area contributed by atoms with E-state index in [1.807, 2.05) is 6.07 Å². The molecule has 2 heteroatoms. The van der Waals surface area contributed by atoms with Crippen LogP contribution in [-0.4, -0.2) is 6.67 Å². The SMILES string of the molecule is c1ccc(N2CNCc3ccccc32)cc1. The van der Waals surface area contributed by atoms with Crippen molar-refractivity contribution in [2.24, 2.45) is 0 Å². The summed E-state index contributed by atoms with van der Waals surface area (Å²) in [6.45, 7) is 1.83. The fourth-order valence-electron chi connectivity index (χ4n) is 2.15. The summed E-state index contributed by atoms with van der Waals surface area (Å²) >= 11 is 0. The maximum absolute atomic E-state index is 3.42. The van der Waals surface area contributed by atoms with Gasteiger partial charge in [0.1, 0.15) is 0 Å². The van der Waals surface area contributed by atoms with Gasteiger partial charge in [0.05, 0.1) is 6.67 Å². The second-order valence-electron chi connectivity index (χ2n) is 3.98. The van der Waals surface area contributed by atoms with E-state index in [0.717, 1.165) is 13.2 Å². The molecule has 0 fully saturated rings. The topological polar surface area (TPSA) is 15.3 Å². The molecule has 0 saturated heterocycles. The summed E-state index contributed by atoms with van der Waals surface area (Å²) in [4.78, 5) is 2.30. The van der Waals surface area contributed by atoms with Gasteiger partial charge in [0.25, 0.3) is 0 Å². The Morgan fingerprint density at radius 1 is 0.875 bits per heavy atom. The van der Waals surface area contributed by atoms with Crippen molar-refractivity contribution in [1.82, 2.24) is 5.32 Å². The summed E-state index contributed by atoms with van der Waals surface area (Å²) in [6, 6.07) is 19.0. The van der Waals surface area contributed by atoms with Crippen molar-refractivity contribution in [2.75, 3.05) is 11.6 Å². The minimum absolute atomic E-state index is 0.876. The Hall–Kier alpha value is -1.80. The van der Waals surface area contributed by atoms with Gasteiger partial charge in [0.2, 0.25) is 0 Å². The van der Waals surface area contributed by atoms with E-state index in [4.69, 9.17) is 0 Å². The first-order chi connectivity index (χ1) is 7.95. The van der Waals surface area contributed by atoms with E-state index in [1.54, 1.807) is 0 Å². The molecule has 1 N–H and O–H groups in total. The van der Waals surface area contributed by atoms with Crippen molar-refractivity contribution >= 4 is 11.4 Å². The van der Waals surface area contributed by atoms with Gasteiger partial charge in [0.15, 0.2) is 0 Å². The third-order valence-corrected chi connectivity index (χ3v) is 2.94. The van der Waals surface area contributed by atoms with Crippen molar-refractivity contribution in [3.05, 3.63) is 60.2 Å². The molecular weight excluding hydrogens is 196 g/mol. The van der Waals surface area contributed by atoms with Crippen LogP contribution in [0.4, 0.5) is 11.4 Å². The van der Waals surface area contributed by atoms with Crippen LogP contribution in [0.3, 0.4) is 0 Å². The fourth-order valence-corrected chi connectivity index (χ4v) is 2.15. The molecule has 0 unspecified atom stereocenters. The summed E-state index contributed by atoms with van der Waals surface area (Å²) < 4.78 is 0. The first-order valence-electron chi connectivity index (χ1n) is 5.56. The van der Waals surface area contributed by atoms with E-state index in [-0.39, 0.29) is 0 Å². The predicted octanol–water partition coefficient (Wildman–Crippen LogP) is 2.89. The highest BCUT2D eigenvalue weighted by Gasteiger charge is 2.16. The minimum Gasteiger partial charge on any atom is -0.328 e. The van der Waals surface area contributed by atoms with Crippen LogP contribution in [-0.2, 0) is 6.54 Å². The van der Waals surface area contributed by atoms with Gasteiger partial charge in [-0.15, -0.1) is 0 Å². The second kappa shape index (κ2) is 3.99. The zero-order chi connectivity index (χ0) is 10.8. The van der Waals surface area contributed by atoms with Gasteiger partial charge < -0.3 is 4.90 Å². The van der Waals surface area contributed by atoms with E-state index in [2.05, 4.69) is 58.7 Å². The summed E-state index contributed by atoms with van der Waals surface area (Å²) in [7, 11) is 0. The van der Waals surface area contributed by atoms with E-state index in [1.165, 1.54) is 16.9 Å². The molecular formula is C14H14N2. The molecule has 0 amide bonds. The number of anilines is 2. The lowest BCUT2D eigenvalue weighted by molar-refractivity contribution is 0.662. The highest BCUT2D eigenvalue weighted by atomic mass is 15.2. The molecule has 0 saturated carbocycles. The molecule has 0 aromatic heterocycles. The standard InChI is InChI=1S/C14H14N2/c1-2-7-13(8-3-1)16-11-15-10-12-6-4-5-9-14(12)16/h1-9,15H,10-11H2. The first kappa shape index (κ1) is 9.43. The Bertz CT molecular complexity index is 479. The van der Waals surface area contributed by atoms with Crippen LogP contribution in [0, 0.1) is 0 Å². The lowest BCUT2D eigenvalue weighted by atomic mass is 10.1. The molecule has 0 spiro atoms. The molecule has 1 aliphatic heterocycles. The molecule has 0 radical (unpaired) electrons. The van der Waals surface area contributed by atoms with Crippen molar-refractivity contribution in [3.63, 3.8) is 0 Å². The molecule has 1 heterocycles. The molecule has 16 heavy (non-hydrogen) atoms. The van der Waals surface area contributed by atoms with Gasteiger partial charge in [-0.3, -0.25) is 5.32 Å². The Labute approximate surface area is 95.5 Å². The molecule has 2 nitrogen and oxygen atoms in total. The molecule has 1 aliphatic rings. The summed E-state index contributed by atoms with van der Waals surface area (Å²) in [5.41, 5.74) is 3.91. The van der Waals surface area contributed by atoms with E-state index in [0.29, 0.717) is 0 Å². The Morgan fingerprint density at radius 2 is 1.62 bits per heavy atom. The van der Waals surface area contributed by atoms with Crippen LogP contribution in [0.1, 0.15) is 5.56 Å². The third kappa shape index (κ3) is 1.57. The number of fused-ring (bicyclic) bond motifs is 1. The van der Waals surface area contributed by atoms with E-state index in [9.17, 15) is 0 Å². The average Bonchev–Trinajstić information content (AvgIpc) is 2.39. The van der Waals surface area contributed by atoms with Crippen LogP contribution < -0.4 is 10.2 Å². The second-order valence-corrected chi connectivity index (χ2v) is 3.98. The normalized spacial score (nSPS) is 14.6. The fraction of sp³-hybridized carbons (Fsp3) is 0.143. The molecule has 0 bridgehead atoms.